The molecule has 0 spiro atoms. The Labute approximate surface area is 148 Å². The summed E-state index contributed by atoms with van der Waals surface area (Å²) in [6, 6.07) is 16.0. The first-order valence-electron chi connectivity index (χ1n) is 8.15. The first kappa shape index (κ1) is 16.6. The van der Waals surface area contributed by atoms with Gasteiger partial charge in [-0.25, -0.2) is 0 Å². The molecule has 3 rings (SSSR count). The maximum atomic E-state index is 5.90. The zero-order chi connectivity index (χ0) is 16.9. The summed E-state index contributed by atoms with van der Waals surface area (Å²) in [5.41, 5.74) is 2.29. The Balaban J connectivity index is 1.48. The molecule has 4 nitrogen and oxygen atoms in total. The molecular formula is C19H22N2O2S. The summed E-state index contributed by atoms with van der Waals surface area (Å²) in [7, 11) is 0. The van der Waals surface area contributed by atoms with Crippen LogP contribution in [0.4, 0.5) is 5.69 Å². The highest BCUT2D eigenvalue weighted by atomic mass is 32.1. The van der Waals surface area contributed by atoms with Crippen LogP contribution in [-0.4, -0.2) is 24.4 Å². The molecule has 0 fully saturated rings. The smallest absolute Gasteiger partial charge is 0.170 e. The normalized spacial score (nSPS) is 15.9. The van der Waals surface area contributed by atoms with E-state index in [4.69, 9.17) is 21.7 Å². The quantitative estimate of drug-likeness (QED) is 0.824. The van der Waals surface area contributed by atoms with Gasteiger partial charge >= 0.3 is 0 Å². The van der Waals surface area contributed by atoms with E-state index in [0.29, 0.717) is 24.2 Å². The molecule has 0 aliphatic carbocycles. The minimum Gasteiger partial charge on any atom is -0.486 e. The molecule has 1 atom stereocenters. The molecule has 1 aliphatic heterocycles. The Hall–Kier alpha value is -2.27. The largest absolute Gasteiger partial charge is 0.486 e. The Morgan fingerprint density at radius 2 is 1.83 bits per heavy atom. The Morgan fingerprint density at radius 3 is 2.54 bits per heavy atom. The van der Waals surface area contributed by atoms with Crippen LogP contribution in [0.5, 0.6) is 11.5 Å². The van der Waals surface area contributed by atoms with Crippen molar-refractivity contribution in [2.75, 3.05) is 18.5 Å². The first-order valence-corrected chi connectivity index (χ1v) is 8.56. The summed E-state index contributed by atoms with van der Waals surface area (Å²) in [5, 5.41) is 6.95. The van der Waals surface area contributed by atoms with Gasteiger partial charge in [-0.1, -0.05) is 38.1 Å². The van der Waals surface area contributed by atoms with Crippen LogP contribution in [0.15, 0.2) is 48.5 Å². The van der Waals surface area contributed by atoms with Crippen LogP contribution < -0.4 is 20.1 Å². The maximum Gasteiger partial charge on any atom is 0.170 e. The van der Waals surface area contributed by atoms with E-state index in [9.17, 15) is 0 Å². The standard InChI is InChI=1S/C19H22N2O2S/c1-13(2)14-7-9-15(10-8-14)21-19(24)20-11-16-12-22-17-5-3-4-6-18(17)23-16/h3-10,13,16H,11-12H2,1-2H3,(H2,20,21,24)/t16-/m1/s1. The summed E-state index contributed by atoms with van der Waals surface area (Å²) in [5.74, 6) is 2.09. The van der Waals surface area contributed by atoms with Crippen LogP contribution in [0.25, 0.3) is 0 Å². The minimum atomic E-state index is -0.0667. The SMILES string of the molecule is CC(C)c1ccc(NC(=S)NC[C@@H]2COc3ccccc3O2)cc1. The fourth-order valence-corrected chi connectivity index (χ4v) is 2.70. The highest BCUT2D eigenvalue weighted by Gasteiger charge is 2.20. The lowest BCUT2D eigenvalue weighted by atomic mass is 10.0. The van der Waals surface area contributed by atoms with E-state index < -0.39 is 0 Å². The Morgan fingerprint density at radius 1 is 1.12 bits per heavy atom. The maximum absolute atomic E-state index is 5.90. The van der Waals surface area contributed by atoms with Crippen molar-refractivity contribution < 1.29 is 9.47 Å². The van der Waals surface area contributed by atoms with Gasteiger partial charge in [0.25, 0.3) is 0 Å². The fraction of sp³-hybridized carbons (Fsp3) is 0.316. The zero-order valence-corrected chi connectivity index (χ0v) is 14.7. The van der Waals surface area contributed by atoms with Crippen LogP contribution in [0.2, 0.25) is 0 Å². The van der Waals surface area contributed by atoms with E-state index >= 15 is 0 Å². The highest BCUT2D eigenvalue weighted by Crippen LogP contribution is 2.30. The van der Waals surface area contributed by atoms with Crippen molar-refractivity contribution in [2.24, 2.45) is 0 Å². The molecule has 0 amide bonds. The third kappa shape index (κ3) is 4.17. The van der Waals surface area contributed by atoms with E-state index in [1.54, 1.807) is 0 Å². The van der Waals surface area contributed by atoms with E-state index in [1.165, 1.54) is 5.56 Å². The van der Waals surface area contributed by atoms with Crippen LogP contribution in [0.1, 0.15) is 25.3 Å². The lowest BCUT2D eigenvalue weighted by Gasteiger charge is -2.27. The molecule has 1 heterocycles. The van der Waals surface area contributed by atoms with Gasteiger partial charge in [-0.15, -0.1) is 0 Å². The number of nitrogens with one attached hydrogen (secondary N) is 2. The Kier molecular flexibility index (Phi) is 5.20. The fourth-order valence-electron chi connectivity index (χ4n) is 2.50. The molecule has 0 saturated heterocycles. The van der Waals surface area contributed by atoms with Crippen molar-refractivity contribution in [3.8, 4) is 11.5 Å². The predicted octanol–water partition coefficient (Wildman–Crippen LogP) is 3.94. The summed E-state index contributed by atoms with van der Waals surface area (Å²) < 4.78 is 11.6. The van der Waals surface area contributed by atoms with Crippen molar-refractivity contribution in [2.45, 2.75) is 25.9 Å². The van der Waals surface area contributed by atoms with E-state index in [1.807, 2.05) is 36.4 Å². The van der Waals surface area contributed by atoms with Gasteiger partial charge in [-0.2, -0.15) is 0 Å². The first-order chi connectivity index (χ1) is 11.6. The number of rotatable bonds is 4. The van der Waals surface area contributed by atoms with Crippen molar-refractivity contribution >= 4 is 23.0 Å². The van der Waals surface area contributed by atoms with E-state index in [-0.39, 0.29) is 6.10 Å². The van der Waals surface area contributed by atoms with Crippen LogP contribution in [-0.2, 0) is 0 Å². The Bertz CT molecular complexity index is 701. The molecule has 0 unspecified atom stereocenters. The van der Waals surface area contributed by atoms with Gasteiger partial charge in [-0.3, -0.25) is 0 Å². The topological polar surface area (TPSA) is 42.5 Å². The summed E-state index contributed by atoms with van der Waals surface area (Å²) in [6.45, 7) is 5.46. The van der Waals surface area contributed by atoms with E-state index in [2.05, 4.69) is 36.6 Å². The molecule has 0 saturated carbocycles. The molecule has 24 heavy (non-hydrogen) atoms. The van der Waals surface area contributed by atoms with Gasteiger partial charge < -0.3 is 20.1 Å². The molecule has 2 aromatic carbocycles. The molecule has 0 radical (unpaired) electrons. The number of benzene rings is 2. The molecule has 2 N–H and O–H groups in total. The molecule has 2 aromatic rings. The van der Waals surface area contributed by atoms with Crippen molar-refractivity contribution in [1.29, 1.82) is 0 Å². The van der Waals surface area contributed by atoms with Crippen molar-refractivity contribution in [3.05, 3.63) is 54.1 Å². The van der Waals surface area contributed by atoms with Crippen LogP contribution >= 0.6 is 12.2 Å². The highest BCUT2D eigenvalue weighted by molar-refractivity contribution is 7.80. The predicted molar refractivity (Wildman–Crippen MR) is 101 cm³/mol. The average molecular weight is 342 g/mol. The number of ether oxygens (including phenoxy) is 2. The monoisotopic (exact) mass is 342 g/mol. The number of anilines is 1. The number of hydrogen-bond donors (Lipinski definition) is 2. The van der Waals surface area contributed by atoms with Gasteiger partial charge in [0.2, 0.25) is 0 Å². The number of hydrogen-bond acceptors (Lipinski definition) is 3. The summed E-state index contributed by atoms with van der Waals surface area (Å²) in [4.78, 5) is 0. The van der Waals surface area contributed by atoms with Gasteiger partial charge in [0, 0.05) is 5.69 Å². The molecular weight excluding hydrogens is 320 g/mol. The zero-order valence-electron chi connectivity index (χ0n) is 13.9. The number of para-hydroxylation sites is 2. The van der Waals surface area contributed by atoms with Crippen LogP contribution in [0, 0.1) is 0 Å². The average Bonchev–Trinajstić information content (AvgIpc) is 2.60. The van der Waals surface area contributed by atoms with E-state index in [0.717, 1.165) is 17.2 Å². The number of thiocarbonyl (C=S) groups is 1. The summed E-state index contributed by atoms with van der Waals surface area (Å²) in [6.07, 6.45) is -0.0667. The molecule has 1 aliphatic rings. The van der Waals surface area contributed by atoms with Crippen LogP contribution in [0.3, 0.4) is 0 Å². The second kappa shape index (κ2) is 7.53. The van der Waals surface area contributed by atoms with Gasteiger partial charge in [0.05, 0.1) is 6.54 Å². The number of fused-ring (bicyclic) bond motifs is 1. The van der Waals surface area contributed by atoms with Gasteiger partial charge in [0.15, 0.2) is 16.6 Å². The minimum absolute atomic E-state index is 0.0667. The second-order valence-electron chi connectivity index (χ2n) is 6.11. The molecule has 0 aromatic heterocycles. The lowest BCUT2D eigenvalue weighted by Crippen LogP contribution is -2.42. The van der Waals surface area contributed by atoms with Crippen molar-refractivity contribution in [1.82, 2.24) is 5.32 Å². The lowest BCUT2D eigenvalue weighted by molar-refractivity contribution is 0.0939. The van der Waals surface area contributed by atoms with Gasteiger partial charge in [-0.05, 0) is 48.0 Å². The third-order valence-electron chi connectivity index (χ3n) is 3.89. The third-order valence-corrected chi connectivity index (χ3v) is 4.14. The molecule has 126 valence electrons. The molecule has 0 bridgehead atoms. The summed E-state index contributed by atoms with van der Waals surface area (Å²) >= 11 is 5.35. The van der Waals surface area contributed by atoms with Gasteiger partial charge in [0.1, 0.15) is 12.7 Å². The van der Waals surface area contributed by atoms with Crippen molar-refractivity contribution in [3.63, 3.8) is 0 Å². The second-order valence-corrected chi connectivity index (χ2v) is 6.52. The molecule has 5 heteroatoms.